The first-order chi connectivity index (χ1) is 5.36. The van der Waals surface area contributed by atoms with E-state index in [1.54, 1.807) is 6.20 Å². The molecule has 0 saturated heterocycles. The highest BCUT2D eigenvalue weighted by Crippen LogP contribution is 2.22. The zero-order valence-corrected chi connectivity index (χ0v) is 6.29. The third-order valence-corrected chi connectivity index (χ3v) is 1.53. The highest BCUT2D eigenvalue weighted by atomic mass is 16.5. The lowest BCUT2D eigenvalue weighted by Gasteiger charge is -2.16. The van der Waals surface area contributed by atoms with Crippen molar-refractivity contribution in [1.29, 1.82) is 0 Å². The van der Waals surface area contributed by atoms with Crippen molar-refractivity contribution in [3.05, 3.63) is 12.0 Å². The Morgan fingerprint density at radius 2 is 2.55 bits per heavy atom. The van der Waals surface area contributed by atoms with Crippen LogP contribution in [0.15, 0.2) is 6.20 Å². The Balaban J connectivity index is 2.43. The van der Waals surface area contributed by atoms with E-state index in [1.165, 1.54) is 0 Å². The van der Waals surface area contributed by atoms with Crippen LogP contribution in [-0.4, -0.2) is 23.1 Å². The van der Waals surface area contributed by atoms with Gasteiger partial charge in [-0.15, -0.1) is 0 Å². The summed E-state index contributed by atoms with van der Waals surface area (Å²) in [5, 5.41) is 3.14. The summed E-state index contributed by atoms with van der Waals surface area (Å²) in [7, 11) is 0. The molecule has 1 N–H and O–H groups in total. The zero-order valence-electron chi connectivity index (χ0n) is 6.29. The first-order valence-corrected chi connectivity index (χ1v) is 3.56. The zero-order chi connectivity index (χ0) is 7.68. The van der Waals surface area contributed by atoms with E-state index in [4.69, 9.17) is 4.74 Å². The van der Waals surface area contributed by atoms with Crippen LogP contribution in [0.25, 0.3) is 0 Å². The molecule has 0 amide bonds. The molecule has 2 rings (SSSR count). The number of nitrogens with one attached hydrogen (secondary N) is 1. The van der Waals surface area contributed by atoms with Crippen LogP contribution in [0.5, 0.6) is 5.88 Å². The van der Waals surface area contributed by atoms with Crippen LogP contribution >= 0.6 is 0 Å². The second-order valence-corrected chi connectivity index (χ2v) is 2.41. The molecule has 58 valence electrons. The number of aromatic nitrogens is 2. The van der Waals surface area contributed by atoms with Crippen LogP contribution in [-0.2, 0) is 0 Å². The van der Waals surface area contributed by atoms with E-state index in [9.17, 15) is 0 Å². The lowest BCUT2D eigenvalue weighted by Crippen LogP contribution is -2.19. The smallest absolute Gasteiger partial charge is 0.240 e. The molecule has 2 heterocycles. The Morgan fingerprint density at radius 3 is 3.45 bits per heavy atom. The maximum atomic E-state index is 5.29. The molecular formula is C7H9N3O. The fraction of sp³-hybridized carbons (Fsp3) is 0.429. The van der Waals surface area contributed by atoms with Crippen LogP contribution in [0.2, 0.25) is 0 Å². The predicted molar refractivity (Wildman–Crippen MR) is 40.8 cm³/mol. The molecule has 4 nitrogen and oxygen atoms in total. The largest absolute Gasteiger partial charge is 0.474 e. The number of ether oxygens (including phenoxy) is 1. The van der Waals surface area contributed by atoms with Crippen molar-refractivity contribution < 1.29 is 4.74 Å². The highest BCUT2D eigenvalue weighted by molar-refractivity contribution is 5.51. The topological polar surface area (TPSA) is 47.0 Å². The SMILES string of the molecule is Cc1ncc2c(n1)OCCN2. The standard InChI is InChI=1S/C7H9N3O/c1-5-9-4-6-7(10-5)11-3-2-8-6/h4,8H,2-3H2,1H3. The number of fused-ring (bicyclic) bond motifs is 1. The van der Waals surface area contributed by atoms with Crippen LogP contribution in [0, 0.1) is 6.92 Å². The minimum absolute atomic E-state index is 0.670. The summed E-state index contributed by atoms with van der Waals surface area (Å²) >= 11 is 0. The Labute approximate surface area is 64.6 Å². The molecule has 0 fully saturated rings. The van der Waals surface area contributed by atoms with Gasteiger partial charge >= 0.3 is 0 Å². The van der Waals surface area contributed by atoms with E-state index in [0.717, 1.165) is 18.1 Å². The van der Waals surface area contributed by atoms with Crippen LogP contribution in [0.1, 0.15) is 5.82 Å². The summed E-state index contributed by atoms with van der Waals surface area (Å²) in [6.07, 6.45) is 1.75. The number of anilines is 1. The fourth-order valence-corrected chi connectivity index (χ4v) is 1.01. The number of hydrogen-bond donors (Lipinski definition) is 1. The van der Waals surface area contributed by atoms with Gasteiger partial charge in [0.15, 0.2) is 0 Å². The van der Waals surface area contributed by atoms with Gasteiger partial charge in [-0.25, -0.2) is 4.98 Å². The normalized spacial score (nSPS) is 14.6. The van der Waals surface area contributed by atoms with E-state index >= 15 is 0 Å². The molecule has 0 unspecified atom stereocenters. The lowest BCUT2D eigenvalue weighted by molar-refractivity contribution is 0.309. The van der Waals surface area contributed by atoms with Gasteiger partial charge in [0.25, 0.3) is 0 Å². The van der Waals surface area contributed by atoms with Gasteiger partial charge in [-0.2, -0.15) is 4.98 Å². The van der Waals surface area contributed by atoms with Gasteiger partial charge in [-0.3, -0.25) is 0 Å². The van der Waals surface area contributed by atoms with E-state index in [0.29, 0.717) is 12.5 Å². The molecule has 4 heteroatoms. The van der Waals surface area contributed by atoms with Crippen LogP contribution < -0.4 is 10.1 Å². The number of rotatable bonds is 0. The molecule has 1 aromatic rings. The average Bonchev–Trinajstić information content (AvgIpc) is 2.04. The van der Waals surface area contributed by atoms with Crippen molar-refractivity contribution in [2.24, 2.45) is 0 Å². The van der Waals surface area contributed by atoms with Crippen LogP contribution in [0.3, 0.4) is 0 Å². The Kier molecular flexibility index (Phi) is 1.38. The predicted octanol–water partition coefficient (Wildman–Crippen LogP) is 0.589. The molecule has 0 aromatic carbocycles. The minimum Gasteiger partial charge on any atom is -0.474 e. The summed E-state index contributed by atoms with van der Waals surface area (Å²) in [6, 6.07) is 0. The van der Waals surface area contributed by atoms with Gasteiger partial charge < -0.3 is 10.1 Å². The summed E-state index contributed by atoms with van der Waals surface area (Å²) in [5.41, 5.74) is 0.891. The summed E-state index contributed by atoms with van der Waals surface area (Å²) in [5.74, 6) is 1.41. The Bertz CT molecular complexity index is 274. The Hall–Kier alpha value is -1.32. The molecule has 0 saturated carbocycles. The average molecular weight is 151 g/mol. The quantitative estimate of drug-likeness (QED) is 0.589. The first kappa shape index (κ1) is 6.39. The lowest BCUT2D eigenvalue weighted by atomic mass is 10.4. The molecule has 0 spiro atoms. The fourth-order valence-electron chi connectivity index (χ4n) is 1.01. The minimum atomic E-state index is 0.670. The summed E-state index contributed by atoms with van der Waals surface area (Å²) in [4.78, 5) is 8.16. The molecule has 11 heavy (non-hydrogen) atoms. The molecule has 1 aliphatic rings. The van der Waals surface area contributed by atoms with E-state index in [1.807, 2.05) is 6.92 Å². The maximum absolute atomic E-state index is 5.29. The van der Waals surface area contributed by atoms with Gasteiger partial charge in [0.2, 0.25) is 5.88 Å². The Morgan fingerprint density at radius 1 is 1.64 bits per heavy atom. The van der Waals surface area contributed by atoms with E-state index < -0.39 is 0 Å². The van der Waals surface area contributed by atoms with Crippen LogP contribution in [0.4, 0.5) is 5.69 Å². The molecule has 0 aliphatic carbocycles. The van der Waals surface area contributed by atoms with Gasteiger partial charge in [0, 0.05) is 6.54 Å². The molecular weight excluding hydrogens is 142 g/mol. The van der Waals surface area contributed by atoms with Crippen molar-refractivity contribution in [2.75, 3.05) is 18.5 Å². The highest BCUT2D eigenvalue weighted by Gasteiger charge is 2.10. The van der Waals surface area contributed by atoms with Gasteiger partial charge in [-0.1, -0.05) is 0 Å². The first-order valence-electron chi connectivity index (χ1n) is 3.56. The molecule has 0 atom stereocenters. The molecule has 0 bridgehead atoms. The molecule has 1 aromatic heterocycles. The van der Waals surface area contributed by atoms with E-state index in [2.05, 4.69) is 15.3 Å². The molecule has 1 aliphatic heterocycles. The van der Waals surface area contributed by atoms with Gasteiger partial charge in [0.05, 0.1) is 6.20 Å². The molecule has 0 radical (unpaired) electrons. The van der Waals surface area contributed by atoms with Gasteiger partial charge in [0.1, 0.15) is 18.1 Å². The second-order valence-electron chi connectivity index (χ2n) is 2.41. The van der Waals surface area contributed by atoms with Crippen molar-refractivity contribution in [3.63, 3.8) is 0 Å². The third-order valence-electron chi connectivity index (χ3n) is 1.53. The van der Waals surface area contributed by atoms with E-state index in [-0.39, 0.29) is 0 Å². The summed E-state index contributed by atoms with van der Waals surface area (Å²) in [6.45, 7) is 3.36. The van der Waals surface area contributed by atoms with Crippen molar-refractivity contribution in [3.8, 4) is 5.88 Å². The number of nitrogens with zero attached hydrogens (tertiary/aromatic N) is 2. The monoisotopic (exact) mass is 151 g/mol. The van der Waals surface area contributed by atoms with Crippen molar-refractivity contribution in [2.45, 2.75) is 6.92 Å². The van der Waals surface area contributed by atoms with Crippen molar-refractivity contribution >= 4 is 5.69 Å². The van der Waals surface area contributed by atoms with Crippen molar-refractivity contribution in [1.82, 2.24) is 9.97 Å². The number of hydrogen-bond acceptors (Lipinski definition) is 4. The number of aryl methyl sites for hydroxylation is 1. The van der Waals surface area contributed by atoms with Gasteiger partial charge in [-0.05, 0) is 6.92 Å². The second kappa shape index (κ2) is 2.38. The maximum Gasteiger partial charge on any atom is 0.240 e. The summed E-state index contributed by atoms with van der Waals surface area (Å²) < 4.78 is 5.29. The third kappa shape index (κ3) is 1.11.